The van der Waals surface area contributed by atoms with Gasteiger partial charge in [-0.1, -0.05) is 30.3 Å². The Morgan fingerprint density at radius 1 is 1.42 bits per heavy atom. The first-order chi connectivity index (χ1) is 9.08. The predicted octanol–water partition coefficient (Wildman–Crippen LogP) is 2.40. The number of primary amides is 1. The molecule has 19 heavy (non-hydrogen) atoms. The molecular formula is C14H17N3OS. The van der Waals surface area contributed by atoms with Crippen molar-refractivity contribution < 1.29 is 4.79 Å². The molecule has 1 aromatic heterocycles. The lowest BCUT2D eigenvalue weighted by Gasteiger charge is -2.12. The zero-order chi connectivity index (χ0) is 13.8. The highest BCUT2D eigenvalue weighted by Crippen LogP contribution is 2.24. The van der Waals surface area contributed by atoms with Crippen LogP contribution in [0.3, 0.4) is 0 Å². The molecule has 1 atom stereocenters. The van der Waals surface area contributed by atoms with E-state index in [0.717, 1.165) is 17.1 Å². The Labute approximate surface area is 116 Å². The van der Waals surface area contributed by atoms with Gasteiger partial charge in [0.05, 0.1) is 5.69 Å². The lowest BCUT2D eigenvalue weighted by atomic mass is 10.2. The molecule has 0 aliphatic rings. The van der Waals surface area contributed by atoms with E-state index >= 15 is 0 Å². The molecule has 1 unspecified atom stereocenters. The van der Waals surface area contributed by atoms with Gasteiger partial charge >= 0.3 is 0 Å². The second-order valence-electron chi connectivity index (χ2n) is 4.42. The number of hydrogen-bond acceptors (Lipinski definition) is 4. The number of aryl methyl sites for hydroxylation is 1. The van der Waals surface area contributed by atoms with E-state index in [2.05, 4.69) is 29.4 Å². The van der Waals surface area contributed by atoms with E-state index in [-0.39, 0.29) is 6.04 Å². The van der Waals surface area contributed by atoms with Crippen molar-refractivity contribution in [3.63, 3.8) is 0 Å². The molecule has 1 heterocycles. The maximum Gasteiger partial charge on any atom is 0.277 e. The van der Waals surface area contributed by atoms with E-state index in [0.29, 0.717) is 5.01 Å². The topological polar surface area (TPSA) is 68.0 Å². The largest absolute Gasteiger partial charge is 0.364 e. The van der Waals surface area contributed by atoms with Gasteiger partial charge in [0.15, 0.2) is 5.01 Å². The number of aromatic nitrogens is 1. The van der Waals surface area contributed by atoms with Gasteiger partial charge in [-0.2, -0.15) is 0 Å². The van der Waals surface area contributed by atoms with Gasteiger partial charge in [0.25, 0.3) is 5.91 Å². The molecular weight excluding hydrogens is 258 g/mol. The predicted molar refractivity (Wildman–Crippen MR) is 77.1 cm³/mol. The van der Waals surface area contributed by atoms with Gasteiger partial charge in [0.2, 0.25) is 0 Å². The molecule has 0 aliphatic carbocycles. The number of rotatable bonds is 5. The molecule has 3 N–H and O–H groups in total. The van der Waals surface area contributed by atoms with Gasteiger partial charge in [-0.3, -0.25) is 4.79 Å². The Hall–Kier alpha value is -1.72. The van der Waals surface area contributed by atoms with Gasteiger partial charge in [0, 0.05) is 17.5 Å². The van der Waals surface area contributed by atoms with Gasteiger partial charge < -0.3 is 11.1 Å². The number of nitrogens with two attached hydrogens (primary N) is 1. The fourth-order valence-electron chi connectivity index (χ4n) is 1.87. The first-order valence-electron chi connectivity index (χ1n) is 6.12. The number of nitrogens with zero attached hydrogens (tertiary/aromatic N) is 1. The monoisotopic (exact) mass is 275 g/mol. The summed E-state index contributed by atoms with van der Waals surface area (Å²) in [5, 5.41) is 3.80. The number of carbonyl (C=O) groups is 1. The van der Waals surface area contributed by atoms with E-state index in [1.54, 1.807) is 0 Å². The van der Waals surface area contributed by atoms with Crippen LogP contribution in [0.25, 0.3) is 0 Å². The number of hydrogen-bond donors (Lipinski definition) is 2. The van der Waals surface area contributed by atoms with Gasteiger partial charge in [-0.05, 0) is 19.4 Å². The average molecular weight is 275 g/mol. The molecule has 5 heteroatoms. The summed E-state index contributed by atoms with van der Waals surface area (Å²) in [6.07, 6.45) is 0. The smallest absolute Gasteiger partial charge is 0.277 e. The first-order valence-corrected chi connectivity index (χ1v) is 6.94. The number of nitrogens with one attached hydrogen (secondary N) is 1. The third-order valence-corrected chi connectivity index (χ3v) is 4.25. The Kier molecular flexibility index (Phi) is 4.29. The fourth-order valence-corrected chi connectivity index (χ4v) is 2.82. The van der Waals surface area contributed by atoms with Crippen LogP contribution in [0.4, 0.5) is 0 Å². The molecule has 1 amide bonds. The maximum atomic E-state index is 11.1. The minimum atomic E-state index is -0.463. The first kappa shape index (κ1) is 13.7. The van der Waals surface area contributed by atoms with Crippen LogP contribution in [-0.4, -0.2) is 10.9 Å². The van der Waals surface area contributed by atoms with Gasteiger partial charge in [-0.25, -0.2) is 4.98 Å². The molecule has 0 radical (unpaired) electrons. The number of carbonyl (C=O) groups excluding carboxylic acids is 1. The summed E-state index contributed by atoms with van der Waals surface area (Å²) < 4.78 is 0. The summed E-state index contributed by atoms with van der Waals surface area (Å²) in [6.45, 7) is 4.75. The number of benzene rings is 1. The van der Waals surface area contributed by atoms with Crippen LogP contribution in [-0.2, 0) is 6.54 Å². The molecule has 100 valence electrons. The number of amides is 1. The van der Waals surface area contributed by atoms with Crippen molar-refractivity contribution in [1.29, 1.82) is 0 Å². The third-order valence-electron chi connectivity index (χ3n) is 2.89. The Morgan fingerprint density at radius 3 is 2.68 bits per heavy atom. The molecule has 2 aromatic rings. The van der Waals surface area contributed by atoms with E-state index in [1.165, 1.54) is 16.9 Å². The van der Waals surface area contributed by atoms with Crippen LogP contribution in [0.2, 0.25) is 0 Å². The van der Waals surface area contributed by atoms with Crippen molar-refractivity contribution in [1.82, 2.24) is 10.3 Å². The SMILES string of the molecule is Cc1nc(C(N)=O)sc1C(C)NCc1ccccc1. The Balaban J connectivity index is 2.04. The van der Waals surface area contributed by atoms with Crippen molar-refractivity contribution in [3.05, 3.63) is 51.5 Å². The summed E-state index contributed by atoms with van der Waals surface area (Å²) in [6, 6.07) is 10.3. The molecule has 4 nitrogen and oxygen atoms in total. The molecule has 0 fully saturated rings. The van der Waals surface area contributed by atoms with Crippen LogP contribution in [0, 0.1) is 6.92 Å². The Morgan fingerprint density at radius 2 is 2.11 bits per heavy atom. The minimum absolute atomic E-state index is 0.144. The molecule has 0 bridgehead atoms. The quantitative estimate of drug-likeness (QED) is 0.880. The second kappa shape index (κ2) is 5.95. The fraction of sp³-hybridized carbons (Fsp3) is 0.286. The van der Waals surface area contributed by atoms with Crippen molar-refractivity contribution in [2.24, 2.45) is 5.73 Å². The summed E-state index contributed by atoms with van der Waals surface area (Å²) in [7, 11) is 0. The summed E-state index contributed by atoms with van der Waals surface area (Å²) in [5.41, 5.74) is 7.35. The summed E-state index contributed by atoms with van der Waals surface area (Å²) in [4.78, 5) is 16.4. The lowest BCUT2D eigenvalue weighted by Crippen LogP contribution is -2.17. The van der Waals surface area contributed by atoms with Crippen molar-refractivity contribution in [2.45, 2.75) is 26.4 Å². The maximum absolute atomic E-state index is 11.1. The highest BCUT2D eigenvalue weighted by molar-refractivity contribution is 7.13. The molecule has 2 rings (SSSR count). The van der Waals surface area contributed by atoms with E-state index in [9.17, 15) is 4.79 Å². The van der Waals surface area contributed by atoms with E-state index in [4.69, 9.17) is 5.73 Å². The van der Waals surface area contributed by atoms with Crippen LogP contribution in [0.5, 0.6) is 0 Å². The minimum Gasteiger partial charge on any atom is -0.364 e. The summed E-state index contributed by atoms with van der Waals surface area (Å²) >= 11 is 1.36. The average Bonchev–Trinajstić information content (AvgIpc) is 2.80. The molecule has 0 aliphatic heterocycles. The zero-order valence-electron chi connectivity index (χ0n) is 11.0. The van der Waals surface area contributed by atoms with Crippen molar-refractivity contribution in [3.8, 4) is 0 Å². The van der Waals surface area contributed by atoms with Crippen LogP contribution in [0.15, 0.2) is 30.3 Å². The van der Waals surface area contributed by atoms with Crippen molar-refractivity contribution in [2.75, 3.05) is 0 Å². The zero-order valence-corrected chi connectivity index (χ0v) is 11.8. The molecule has 0 saturated carbocycles. The van der Waals surface area contributed by atoms with Gasteiger partial charge in [0.1, 0.15) is 0 Å². The summed E-state index contributed by atoms with van der Waals surface area (Å²) in [5.74, 6) is -0.463. The van der Waals surface area contributed by atoms with Crippen LogP contribution in [0.1, 0.15) is 38.9 Å². The van der Waals surface area contributed by atoms with Crippen LogP contribution >= 0.6 is 11.3 Å². The molecule has 0 spiro atoms. The third kappa shape index (κ3) is 3.39. The van der Waals surface area contributed by atoms with E-state index in [1.807, 2.05) is 25.1 Å². The molecule has 0 saturated heterocycles. The highest BCUT2D eigenvalue weighted by Gasteiger charge is 2.16. The highest BCUT2D eigenvalue weighted by atomic mass is 32.1. The number of thiazole rings is 1. The van der Waals surface area contributed by atoms with E-state index < -0.39 is 5.91 Å². The standard InChI is InChI=1S/C14H17N3OS/c1-9(16-8-11-6-4-3-5-7-11)12-10(2)17-14(19-12)13(15)18/h3-7,9,16H,8H2,1-2H3,(H2,15,18). The Bertz CT molecular complexity index is 565. The van der Waals surface area contributed by atoms with Crippen molar-refractivity contribution >= 4 is 17.2 Å². The van der Waals surface area contributed by atoms with Crippen LogP contribution < -0.4 is 11.1 Å². The lowest BCUT2D eigenvalue weighted by molar-refractivity contribution is 0.1000. The normalized spacial score (nSPS) is 12.3. The molecule has 1 aromatic carbocycles. The van der Waals surface area contributed by atoms with Gasteiger partial charge in [-0.15, -0.1) is 11.3 Å². The second-order valence-corrected chi connectivity index (χ2v) is 5.45.